The molecule has 3 aromatic rings. The van der Waals surface area contributed by atoms with E-state index in [-0.39, 0.29) is 11.5 Å². The second kappa shape index (κ2) is 9.07. The Morgan fingerprint density at radius 1 is 1.17 bits per heavy atom. The van der Waals surface area contributed by atoms with Crippen LogP contribution in [0.3, 0.4) is 0 Å². The molecule has 0 bridgehead atoms. The standard InChI is InChI=1S/C22H22BrN3O4/c1-2-30-22(28)16-5-3-15(4-6-16)20-21(27)26(14-25-9-11-29-12-10-25)19-8-7-17(23)13-18(19)24-20/h3-8,13H,2,9-12,14H2,1H3. The molecule has 8 heteroatoms. The lowest BCUT2D eigenvalue weighted by Crippen LogP contribution is -2.40. The number of hydrogen-bond acceptors (Lipinski definition) is 6. The first kappa shape index (κ1) is 20.7. The van der Waals surface area contributed by atoms with Crippen LogP contribution in [0, 0.1) is 0 Å². The minimum atomic E-state index is -0.385. The van der Waals surface area contributed by atoms with Crippen molar-refractivity contribution in [3.63, 3.8) is 0 Å². The Kier molecular flexibility index (Phi) is 6.26. The van der Waals surface area contributed by atoms with Crippen LogP contribution >= 0.6 is 15.9 Å². The monoisotopic (exact) mass is 471 g/mol. The number of hydrogen-bond donors (Lipinski definition) is 0. The Morgan fingerprint density at radius 2 is 1.90 bits per heavy atom. The second-order valence-electron chi connectivity index (χ2n) is 7.00. The summed E-state index contributed by atoms with van der Waals surface area (Å²) in [6, 6.07) is 12.5. The number of rotatable bonds is 5. The van der Waals surface area contributed by atoms with Crippen molar-refractivity contribution < 1.29 is 14.3 Å². The Labute approximate surface area is 182 Å². The summed E-state index contributed by atoms with van der Waals surface area (Å²) in [5.74, 6) is -0.385. The van der Waals surface area contributed by atoms with Crippen molar-refractivity contribution in [3.8, 4) is 11.3 Å². The van der Waals surface area contributed by atoms with E-state index in [2.05, 4.69) is 25.8 Å². The van der Waals surface area contributed by atoms with Gasteiger partial charge in [0.25, 0.3) is 5.56 Å². The molecule has 1 aliphatic heterocycles. The molecule has 4 rings (SSSR count). The molecule has 0 N–H and O–H groups in total. The number of carbonyl (C=O) groups is 1. The quantitative estimate of drug-likeness (QED) is 0.531. The maximum absolute atomic E-state index is 13.4. The van der Waals surface area contributed by atoms with Crippen LogP contribution in [0.1, 0.15) is 17.3 Å². The fourth-order valence-electron chi connectivity index (χ4n) is 3.47. The van der Waals surface area contributed by atoms with Crippen molar-refractivity contribution in [1.82, 2.24) is 14.5 Å². The number of esters is 1. The lowest BCUT2D eigenvalue weighted by Gasteiger charge is -2.27. The number of halogens is 1. The number of nitrogens with zero attached hydrogens (tertiary/aromatic N) is 3. The zero-order valence-electron chi connectivity index (χ0n) is 16.6. The average Bonchev–Trinajstić information content (AvgIpc) is 2.76. The van der Waals surface area contributed by atoms with Gasteiger partial charge in [0.15, 0.2) is 0 Å². The van der Waals surface area contributed by atoms with E-state index < -0.39 is 0 Å². The van der Waals surface area contributed by atoms with Crippen molar-refractivity contribution in [2.45, 2.75) is 13.6 Å². The molecule has 1 aliphatic rings. The van der Waals surface area contributed by atoms with Crippen LogP contribution in [0.4, 0.5) is 0 Å². The molecule has 7 nitrogen and oxygen atoms in total. The predicted molar refractivity (Wildman–Crippen MR) is 117 cm³/mol. The topological polar surface area (TPSA) is 73.7 Å². The van der Waals surface area contributed by atoms with Gasteiger partial charge in [-0.2, -0.15) is 0 Å². The summed E-state index contributed by atoms with van der Waals surface area (Å²) in [4.78, 5) is 32.2. The van der Waals surface area contributed by atoms with E-state index in [1.807, 2.05) is 18.2 Å². The van der Waals surface area contributed by atoms with Gasteiger partial charge in [-0.1, -0.05) is 28.1 Å². The zero-order valence-corrected chi connectivity index (χ0v) is 18.2. The normalized spacial score (nSPS) is 14.7. The summed E-state index contributed by atoms with van der Waals surface area (Å²) in [6.45, 7) is 5.41. The first-order chi connectivity index (χ1) is 14.6. The number of fused-ring (bicyclic) bond motifs is 1. The Hall–Kier alpha value is -2.55. The van der Waals surface area contributed by atoms with Crippen molar-refractivity contribution in [2.24, 2.45) is 0 Å². The van der Waals surface area contributed by atoms with E-state index in [4.69, 9.17) is 9.47 Å². The third-order valence-electron chi connectivity index (χ3n) is 5.02. The molecule has 0 atom stereocenters. The van der Waals surface area contributed by atoms with Crippen molar-refractivity contribution in [3.05, 3.63) is 62.9 Å². The van der Waals surface area contributed by atoms with Crippen molar-refractivity contribution in [2.75, 3.05) is 32.9 Å². The number of ether oxygens (including phenoxy) is 2. The molecule has 2 aromatic carbocycles. The highest BCUT2D eigenvalue weighted by molar-refractivity contribution is 9.10. The van der Waals surface area contributed by atoms with Crippen LogP contribution in [-0.2, 0) is 16.1 Å². The van der Waals surface area contributed by atoms with Gasteiger partial charge in [-0.25, -0.2) is 9.78 Å². The minimum absolute atomic E-state index is 0.166. The molecular formula is C22H22BrN3O4. The Bertz CT molecular complexity index is 1120. The molecule has 2 heterocycles. The van der Waals surface area contributed by atoms with Gasteiger partial charge in [0.1, 0.15) is 5.69 Å². The van der Waals surface area contributed by atoms with Crippen LogP contribution in [0.25, 0.3) is 22.3 Å². The van der Waals surface area contributed by atoms with Gasteiger partial charge in [-0.3, -0.25) is 14.3 Å². The number of aromatic nitrogens is 2. The smallest absolute Gasteiger partial charge is 0.338 e. The van der Waals surface area contributed by atoms with Gasteiger partial charge in [-0.15, -0.1) is 0 Å². The molecule has 1 aromatic heterocycles. The lowest BCUT2D eigenvalue weighted by atomic mass is 10.1. The highest BCUT2D eigenvalue weighted by Crippen LogP contribution is 2.22. The van der Waals surface area contributed by atoms with Gasteiger partial charge >= 0.3 is 5.97 Å². The molecule has 156 valence electrons. The highest BCUT2D eigenvalue weighted by Gasteiger charge is 2.18. The summed E-state index contributed by atoms with van der Waals surface area (Å²) >= 11 is 3.49. The molecule has 0 saturated carbocycles. The first-order valence-electron chi connectivity index (χ1n) is 9.84. The molecule has 0 spiro atoms. The van der Waals surface area contributed by atoms with Gasteiger partial charge in [0.05, 0.1) is 43.1 Å². The number of carbonyl (C=O) groups excluding carboxylic acids is 1. The number of morpholine rings is 1. The summed E-state index contributed by atoms with van der Waals surface area (Å²) in [5, 5.41) is 0. The summed E-state index contributed by atoms with van der Waals surface area (Å²) < 4.78 is 13.1. The predicted octanol–water partition coefficient (Wildman–Crippen LogP) is 3.29. The summed E-state index contributed by atoms with van der Waals surface area (Å²) in [5.41, 5.74) is 2.79. The van der Waals surface area contributed by atoms with Crippen LogP contribution < -0.4 is 5.56 Å². The first-order valence-corrected chi connectivity index (χ1v) is 10.6. The Morgan fingerprint density at radius 3 is 2.60 bits per heavy atom. The third kappa shape index (κ3) is 4.30. The van der Waals surface area contributed by atoms with Crippen LogP contribution in [0.15, 0.2) is 51.7 Å². The lowest BCUT2D eigenvalue weighted by molar-refractivity contribution is 0.0236. The van der Waals surface area contributed by atoms with Crippen molar-refractivity contribution in [1.29, 1.82) is 0 Å². The van der Waals surface area contributed by atoms with Crippen LogP contribution in [0.5, 0.6) is 0 Å². The van der Waals surface area contributed by atoms with Gasteiger partial charge in [-0.05, 0) is 37.3 Å². The van der Waals surface area contributed by atoms with Gasteiger partial charge in [0.2, 0.25) is 0 Å². The molecule has 30 heavy (non-hydrogen) atoms. The van der Waals surface area contributed by atoms with E-state index >= 15 is 0 Å². The fourth-order valence-corrected chi connectivity index (χ4v) is 3.82. The second-order valence-corrected chi connectivity index (χ2v) is 7.91. The highest BCUT2D eigenvalue weighted by atomic mass is 79.9. The third-order valence-corrected chi connectivity index (χ3v) is 5.52. The molecule has 0 amide bonds. The molecule has 0 unspecified atom stereocenters. The van der Waals surface area contributed by atoms with Crippen molar-refractivity contribution >= 4 is 32.9 Å². The minimum Gasteiger partial charge on any atom is -0.462 e. The van der Waals surface area contributed by atoms with E-state index in [1.165, 1.54) is 0 Å². The van der Waals surface area contributed by atoms with Gasteiger partial charge in [0, 0.05) is 23.1 Å². The van der Waals surface area contributed by atoms with E-state index in [9.17, 15) is 9.59 Å². The van der Waals surface area contributed by atoms with E-state index in [0.717, 1.165) is 28.6 Å². The maximum atomic E-state index is 13.4. The molecule has 1 fully saturated rings. The van der Waals surface area contributed by atoms with E-state index in [0.29, 0.717) is 43.3 Å². The largest absolute Gasteiger partial charge is 0.462 e. The van der Waals surface area contributed by atoms with Gasteiger partial charge < -0.3 is 9.47 Å². The average molecular weight is 472 g/mol. The van der Waals surface area contributed by atoms with Crippen LogP contribution in [0.2, 0.25) is 0 Å². The van der Waals surface area contributed by atoms with Crippen LogP contribution in [-0.4, -0.2) is 53.3 Å². The Balaban J connectivity index is 1.78. The van der Waals surface area contributed by atoms with E-state index in [1.54, 1.807) is 35.8 Å². The molecule has 1 saturated heterocycles. The zero-order chi connectivity index (χ0) is 21.1. The fraction of sp³-hybridized carbons (Fsp3) is 0.318. The summed E-state index contributed by atoms with van der Waals surface area (Å²) in [6.07, 6.45) is 0. The molecule has 0 radical (unpaired) electrons. The maximum Gasteiger partial charge on any atom is 0.338 e. The summed E-state index contributed by atoms with van der Waals surface area (Å²) in [7, 11) is 0. The molecule has 0 aliphatic carbocycles. The SMILES string of the molecule is CCOC(=O)c1ccc(-c2nc3cc(Br)ccc3n(CN3CCOCC3)c2=O)cc1. The molecular weight excluding hydrogens is 450 g/mol. The number of benzene rings is 2.